The van der Waals surface area contributed by atoms with Gasteiger partial charge in [0, 0.05) is 13.7 Å². The number of nitrogens with one attached hydrogen (secondary N) is 1. The molecule has 21 heavy (non-hydrogen) atoms. The van der Waals surface area contributed by atoms with Crippen LogP contribution < -0.4 is 5.32 Å². The molecule has 0 aliphatic carbocycles. The van der Waals surface area contributed by atoms with E-state index in [0.717, 1.165) is 11.3 Å². The van der Waals surface area contributed by atoms with Crippen LogP contribution in [0.5, 0.6) is 0 Å². The number of ether oxygens (including phenoxy) is 1. The minimum Gasteiger partial charge on any atom is -0.383 e. The van der Waals surface area contributed by atoms with Crippen LogP contribution in [0.3, 0.4) is 0 Å². The summed E-state index contributed by atoms with van der Waals surface area (Å²) in [6, 6.07) is 9.61. The Balaban J connectivity index is 2.07. The van der Waals surface area contributed by atoms with Gasteiger partial charge in [0.2, 0.25) is 11.8 Å². The van der Waals surface area contributed by atoms with Gasteiger partial charge in [0.1, 0.15) is 6.54 Å². The van der Waals surface area contributed by atoms with E-state index in [9.17, 15) is 9.59 Å². The van der Waals surface area contributed by atoms with Gasteiger partial charge in [-0.15, -0.1) is 11.8 Å². The number of methoxy groups -OCH3 is 1. The molecule has 0 saturated heterocycles. The molecule has 0 radical (unpaired) electrons. The van der Waals surface area contributed by atoms with Crippen LogP contribution >= 0.6 is 11.8 Å². The van der Waals surface area contributed by atoms with Crippen molar-refractivity contribution in [1.29, 1.82) is 0 Å². The number of thioether (sulfide) groups is 1. The Labute approximate surface area is 128 Å². The molecule has 2 amide bonds. The van der Waals surface area contributed by atoms with Gasteiger partial charge in [0.25, 0.3) is 0 Å². The summed E-state index contributed by atoms with van der Waals surface area (Å²) in [4.78, 5) is 25.6. The second kappa shape index (κ2) is 7.85. The predicted molar refractivity (Wildman–Crippen MR) is 83.5 cm³/mol. The van der Waals surface area contributed by atoms with Crippen LogP contribution in [-0.2, 0) is 14.3 Å². The minimum atomic E-state index is -0.186. The second-order valence-electron chi connectivity index (χ2n) is 4.50. The summed E-state index contributed by atoms with van der Waals surface area (Å²) in [5.41, 5.74) is 1.71. The van der Waals surface area contributed by atoms with Gasteiger partial charge in [0.15, 0.2) is 0 Å². The molecule has 6 heteroatoms. The van der Waals surface area contributed by atoms with Crippen LogP contribution in [0.15, 0.2) is 35.7 Å². The van der Waals surface area contributed by atoms with Crippen molar-refractivity contribution in [2.24, 2.45) is 0 Å². The van der Waals surface area contributed by atoms with Gasteiger partial charge in [-0.1, -0.05) is 30.3 Å². The van der Waals surface area contributed by atoms with E-state index < -0.39 is 0 Å². The number of benzene rings is 1. The Bertz CT molecular complexity index is 531. The molecular weight excluding hydrogens is 288 g/mol. The topological polar surface area (TPSA) is 58.6 Å². The molecule has 5 nitrogen and oxygen atoms in total. The Hall–Kier alpha value is -1.79. The molecule has 0 unspecified atom stereocenters. The van der Waals surface area contributed by atoms with Crippen LogP contribution in [0.1, 0.15) is 5.56 Å². The highest BCUT2D eigenvalue weighted by Gasteiger charge is 2.25. The molecule has 1 N–H and O–H groups in total. The smallest absolute Gasteiger partial charge is 0.240 e. The first-order chi connectivity index (χ1) is 10.2. The van der Waals surface area contributed by atoms with E-state index in [1.54, 1.807) is 7.11 Å². The van der Waals surface area contributed by atoms with E-state index in [0.29, 0.717) is 18.9 Å². The quantitative estimate of drug-likeness (QED) is 0.806. The average Bonchev–Trinajstić information content (AvgIpc) is 2.50. The fraction of sp³-hybridized carbons (Fsp3) is 0.333. The summed E-state index contributed by atoms with van der Waals surface area (Å²) in [7, 11) is 1.58. The first-order valence-corrected chi connectivity index (χ1v) is 7.70. The van der Waals surface area contributed by atoms with Gasteiger partial charge in [-0.05, 0) is 11.0 Å². The molecule has 0 bridgehead atoms. The lowest BCUT2D eigenvalue weighted by Gasteiger charge is -2.28. The van der Waals surface area contributed by atoms with Crippen molar-refractivity contribution in [2.45, 2.75) is 0 Å². The number of amides is 2. The number of hydrogen-bond donors (Lipinski definition) is 1. The minimum absolute atomic E-state index is 0.0316. The monoisotopic (exact) mass is 306 g/mol. The lowest BCUT2D eigenvalue weighted by Crippen LogP contribution is -2.42. The van der Waals surface area contributed by atoms with E-state index in [1.165, 1.54) is 16.7 Å². The van der Waals surface area contributed by atoms with Crippen molar-refractivity contribution in [1.82, 2.24) is 10.2 Å². The summed E-state index contributed by atoms with van der Waals surface area (Å²) in [6.45, 7) is 0.928. The second-order valence-corrected chi connectivity index (χ2v) is 5.36. The third kappa shape index (κ3) is 4.34. The van der Waals surface area contributed by atoms with Crippen molar-refractivity contribution in [3.63, 3.8) is 0 Å². The van der Waals surface area contributed by atoms with E-state index in [-0.39, 0.29) is 18.4 Å². The lowest BCUT2D eigenvalue weighted by atomic mass is 10.1. The molecule has 1 aromatic carbocycles. The van der Waals surface area contributed by atoms with E-state index >= 15 is 0 Å². The fourth-order valence-corrected chi connectivity index (χ4v) is 2.77. The van der Waals surface area contributed by atoms with Crippen molar-refractivity contribution >= 4 is 29.3 Å². The number of nitrogens with zero attached hydrogens (tertiary/aromatic N) is 1. The Kier molecular flexibility index (Phi) is 5.83. The standard InChI is InChI=1S/C15H18N2O3S/c1-20-8-7-16-14(18)9-17-13(10-21-11-15(17)19)12-5-3-2-4-6-12/h2-6,10H,7-9,11H2,1H3,(H,16,18). The molecule has 0 spiro atoms. The molecule has 1 heterocycles. The lowest BCUT2D eigenvalue weighted by molar-refractivity contribution is -0.131. The maximum atomic E-state index is 12.1. The zero-order valence-electron chi connectivity index (χ0n) is 11.9. The van der Waals surface area contributed by atoms with Crippen molar-refractivity contribution < 1.29 is 14.3 Å². The zero-order valence-corrected chi connectivity index (χ0v) is 12.7. The number of rotatable bonds is 6. The highest BCUT2D eigenvalue weighted by molar-refractivity contribution is 8.03. The van der Waals surface area contributed by atoms with Gasteiger partial charge in [-0.3, -0.25) is 9.59 Å². The number of carbonyl (C=O) groups is 2. The first kappa shape index (κ1) is 15.6. The first-order valence-electron chi connectivity index (χ1n) is 6.65. The molecule has 1 aromatic rings. The van der Waals surface area contributed by atoms with Crippen LogP contribution in [0, 0.1) is 0 Å². The molecule has 1 aliphatic rings. The third-order valence-corrected chi connectivity index (χ3v) is 3.80. The molecule has 112 valence electrons. The Morgan fingerprint density at radius 3 is 2.86 bits per heavy atom. The molecule has 0 saturated carbocycles. The third-order valence-electron chi connectivity index (χ3n) is 2.99. The van der Waals surface area contributed by atoms with Gasteiger partial charge in [-0.25, -0.2) is 0 Å². The Morgan fingerprint density at radius 1 is 1.38 bits per heavy atom. The normalized spacial score (nSPS) is 14.8. The van der Waals surface area contributed by atoms with Crippen LogP contribution in [0.2, 0.25) is 0 Å². The summed E-state index contributed by atoms with van der Waals surface area (Å²) in [5.74, 6) is 0.124. The Morgan fingerprint density at radius 2 is 2.14 bits per heavy atom. The highest BCUT2D eigenvalue weighted by Crippen LogP contribution is 2.27. The van der Waals surface area contributed by atoms with Crippen molar-refractivity contribution in [2.75, 3.05) is 32.6 Å². The highest BCUT2D eigenvalue weighted by atomic mass is 32.2. The maximum Gasteiger partial charge on any atom is 0.240 e. The summed E-state index contributed by atoms with van der Waals surface area (Å²) >= 11 is 1.45. The van der Waals surface area contributed by atoms with E-state index in [4.69, 9.17) is 4.74 Å². The fourth-order valence-electron chi connectivity index (χ4n) is 1.97. The van der Waals surface area contributed by atoms with Crippen LogP contribution in [0.4, 0.5) is 0 Å². The summed E-state index contributed by atoms with van der Waals surface area (Å²) in [5, 5.41) is 4.66. The molecule has 0 atom stereocenters. The van der Waals surface area contributed by atoms with Crippen LogP contribution in [0.25, 0.3) is 5.70 Å². The van der Waals surface area contributed by atoms with Gasteiger partial charge in [0.05, 0.1) is 18.1 Å². The molecule has 1 aliphatic heterocycles. The summed E-state index contributed by atoms with van der Waals surface area (Å²) < 4.78 is 4.88. The zero-order chi connectivity index (χ0) is 15.1. The van der Waals surface area contributed by atoms with Crippen LogP contribution in [-0.4, -0.2) is 49.3 Å². The van der Waals surface area contributed by atoms with Gasteiger partial charge >= 0.3 is 0 Å². The average molecular weight is 306 g/mol. The largest absolute Gasteiger partial charge is 0.383 e. The molecule has 2 rings (SSSR count). The molecule has 0 aromatic heterocycles. The maximum absolute atomic E-state index is 12.1. The SMILES string of the molecule is COCCNC(=O)CN1C(=O)CSC=C1c1ccccc1. The van der Waals surface area contributed by atoms with Crippen molar-refractivity contribution in [3.05, 3.63) is 41.3 Å². The summed E-state index contributed by atoms with van der Waals surface area (Å²) in [6.07, 6.45) is 0. The van der Waals surface area contributed by atoms with Crippen molar-refractivity contribution in [3.8, 4) is 0 Å². The number of carbonyl (C=O) groups excluding carboxylic acids is 2. The van der Waals surface area contributed by atoms with E-state index in [1.807, 2.05) is 35.7 Å². The van der Waals surface area contributed by atoms with Gasteiger partial charge in [-0.2, -0.15) is 0 Å². The van der Waals surface area contributed by atoms with E-state index in [2.05, 4.69) is 5.32 Å². The molecular formula is C15H18N2O3S. The van der Waals surface area contributed by atoms with Gasteiger partial charge < -0.3 is 15.0 Å². The number of hydrogen-bond acceptors (Lipinski definition) is 4. The predicted octanol–water partition coefficient (Wildman–Crippen LogP) is 1.32. The molecule has 0 fully saturated rings.